The number of nitrogens with zero attached hydrogens (tertiary/aromatic N) is 2. The minimum atomic E-state index is -0.136. The highest BCUT2D eigenvalue weighted by atomic mass is 16.5. The van der Waals surface area contributed by atoms with Crippen molar-refractivity contribution in [1.82, 2.24) is 0 Å². The Morgan fingerprint density at radius 2 is 1.85 bits per heavy atom. The summed E-state index contributed by atoms with van der Waals surface area (Å²) >= 11 is 0. The number of nitrogens with one attached hydrogen (secondary N) is 1. The molecule has 1 aliphatic heterocycles. The van der Waals surface area contributed by atoms with Gasteiger partial charge in [-0.3, -0.25) is 9.59 Å². The fourth-order valence-corrected chi connectivity index (χ4v) is 3.90. The van der Waals surface area contributed by atoms with E-state index < -0.39 is 0 Å². The summed E-state index contributed by atoms with van der Waals surface area (Å²) in [6.07, 6.45) is 1.65. The molecule has 2 amide bonds. The lowest BCUT2D eigenvalue weighted by molar-refractivity contribution is -0.116. The topological polar surface area (TPSA) is 91.7 Å². The Bertz CT molecular complexity index is 1230. The molecule has 3 aromatic carbocycles. The minimum Gasteiger partial charge on any atom is -0.493 e. The molecule has 7 nitrogen and oxygen atoms in total. The lowest BCUT2D eigenvalue weighted by atomic mass is 10.1. The van der Waals surface area contributed by atoms with Gasteiger partial charge in [-0.25, -0.2) is 0 Å². The van der Waals surface area contributed by atoms with Crippen molar-refractivity contribution in [2.45, 2.75) is 19.3 Å². The number of ether oxygens (including phenoxy) is 2. The van der Waals surface area contributed by atoms with Crippen LogP contribution in [0.2, 0.25) is 0 Å². The molecule has 0 spiro atoms. The van der Waals surface area contributed by atoms with Crippen LogP contribution >= 0.6 is 0 Å². The minimum absolute atomic E-state index is 0.0433. The molecule has 0 radical (unpaired) electrons. The van der Waals surface area contributed by atoms with Gasteiger partial charge < -0.3 is 19.7 Å². The highest BCUT2D eigenvalue weighted by molar-refractivity contribution is 6.07. The highest BCUT2D eigenvalue weighted by Gasteiger charge is 2.25. The zero-order chi connectivity index (χ0) is 23.9. The average molecular weight is 456 g/mol. The number of methoxy groups -OCH3 is 1. The van der Waals surface area contributed by atoms with Crippen LogP contribution in [0.4, 0.5) is 11.4 Å². The van der Waals surface area contributed by atoms with E-state index in [0.29, 0.717) is 47.9 Å². The summed E-state index contributed by atoms with van der Waals surface area (Å²) in [4.78, 5) is 27.0. The van der Waals surface area contributed by atoms with Gasteiger partial charge in [-0.05, 0) is 60.9 Å². The van der Waals surface area contributed by atoms with Crippen LogP contribution in [0.25, 0.3) is 0 Å². The number of hydrogen-bond acceptors (Lipinski definition) is 5. The molecule has 7 heteroatoms. The first kappa shape index (κ1) is 22.9. The van der Waals surface area contributed by atoms with Crippen LogP contribution in [0.3, 0.4) is 0 Å². The Kier molecular flexibility index (Phi) is 7.09. The third kappa shape index (κ3) is 5.18. The Labute approximate surface area is 198 Å². The number of amides is 2. The summed E-state index contributed by atoms with van der Waals surface area (Å²) in [6, 6.07) is 21.9. The van der Waals surface area contributed by atoms with Crippen molar-refractivity contribution in [2.75, 3.05) is 30.5 Å². The van der Waals surface area contributed by atoms with E-state index >= 15 is 0 Å². The van der Waals surface area contributed by atoms with Crippen molar-refractivity contribution in [1.29, 1.82) is 5.26 Å². The number of rotatable bonds is 8. The number of nitriles is 1. The summed E-state index contributed by atoms with van der Waals surface area (Å²) in [6.45, 7) is 1.01. The zero-order valence-corrected chi connectivity index (χ0v) is 18.9. The fraction of sp³-hybridized carbons (Fsp3) is 0.222. The van der Waals surface area contributed by atoms with Crippen LogP contribution in [0, 0.1) is 11.3 Å². The Balaban J connectivity index is 1.25. The normalized spacial score (nSPS) is 11.9. The van der Waals surface area contributed by atoms with Gasteiger partial charge in [0.05, 0.1) is 25.3 Å². The van der Waals surface area contributed by atoms with Gasteiger partial charge in [0.25, 0.3) is 5.91 Å². The van der Waals surface area contributed by atoms with Crippen LogP contribution in [-0.4, -0.2) is 32.1 Å². The summed E-state index contributed by atoms with van der Waals surface area (Å²) in [5.74, 6) is 0.833. The van der Waals surface area contributed by atoms with Gasteiger partial charge in [-0.1, -0.05) is 18.2 Å². The van der Waals surface area contributed by atoms with Gasteiger partial charge in [-0.15, -0.1) is 0 Å². The highest BCUT2D eigenvalue weighted by Crippen LogP contribution is 2.29. The second-order valence-corrected chi connectivity index (χ2v) is 7.89. The lowest BCUT2D eigenvalue weighted by Gasteiger charge is -2.17. The second-order valence-electron chi connectivity index (χ2n) is 7.89. The maximum atomic E-state index is 12.9. The van der Waals surface area contributed by atoms with E-state index in [1.54, 1.807) is 47.4 Å². The summed E-state index contributed by atoms with van der Waals surface area (Å²) in [5, 5.41) is 11.8. The van der Waals surface area contributed by atoms with Crippen molar-refractivity contribution in [3.05, 3.63) is 83.4 Å². The monoisotopic (exact) mass is 455 g/mol. The number of benzene rings is 3. The van der Waals surface area contributed by atoms with Crippen LogP contribution < -0.4 is 19.7 Å². The molecule has 0 aliphatic carbocycles. The predicted molar refractivity (Wildman–Crippen MR) is 129 cm³/mol. The first-order valence-electron chi connectivity index (χ1n) is 11.1. The van der Waals surface area contributed by atoms with E-state index in [4.69, 9.17) is 14.7 Å². The van der Waals surface area contributed by atoms with Crippen LogP contribution in [0.5, 0.6) is 11.5 Å². The van der Waals surface area contributed by atoms with E-state index in [0.717, 1.165) is 12.1 Å². The molecule has 34 heavy (non-hydrogen) atoms. The number of hydrogen-bond donors (Lipinski definition) is 1. The molecule has 0 aromatic heterocycles. The first-order valence-corrected chi connectivity index (χ1v) is 11.1. The molecule has 1 aliphatic rings. The molecule has 3 aromatic rings. The van der Waals surface area contributed by atoms with Gasteiger partial charge in [0.1, 0.15) is 0 Å². The Hall–Kier alpha value is -4.31. The van der Waals surface area contributed by atoms with Gasteiger partial charge >= 0.3 is 0 Å². The smallest absolute Gasteiger partial charge is 0.258 e. The molecular weight excluding hydrogens is 430 g/mol. The summed E-state index contributed by atoms with van der Waals surface area (Å²) < 4.78 is 10.9. The van der Waals surface area contributed by atoms with E-state index in [-0.39, 0.29) is 18.2 Å². The molecule has 0 saturated carbocycles. The Morgan fingerprint density at radius 3 is 2.62 bits per heavy atom. The van der Waals surface area contributed by atoms with Crippen molar-refractivity contribution in [3.63, 3.8) is 0 Å². The number of para-hydroxylation sites is 1. The van der Waals surface area contributed by atoms with E-state index in [1.807, 2.05) is 24.3 Å². The predicted octanol–water partition coefficient (Wildman–Crippen LogP) is 4.57. The molecular formula is C27H25N3O4. The van der Waals surface area contributed by atoms with Crippen molar-refractivity contribution < 1.29 is 19.1 Å². The molecule has 1 N–H and O–H groups in total. The maximum absolute atomic E-state index is 12.9. The quantitative estimate of drug-likeness (QED) is 0.503. The van der Waals surface area contributed by atoms with Gasteiger partial charge in [0.15, 0.2) is 11.5 Å². The SMILES string of the molecule is COc1cc(C#N)ccc1OCCCC(=O)Nc1ccc(C(=O)N2CCc3ccccc32)cc1. The van der Waals surface area contributed by atoms with Crippen LogP contribution in [0.1, 0.15) is 34.3 Å². The lowest BCUT2D eigenvalue weighted by Crippen LogP contribution is -2.28. The van der Waals surface area contributed by atoms with Gasteiger partial charge in [0, 0.05) is 36.0 Å². The first-order chi connectivity index (χ1) is 16.6. The summed E-state index contributed by atoms with van der Waals surface area (Å²) in [7, 11) is 1.51. The molecule has 1 heterocycles. The molecule has 0 atom stereocenters. The van der Waals surface area contributed by atoms with Gasteiger partial charge in [0.2, 0.25) is 5.91 Å². The largest absolute Gasteiger partial charge is 0.493 e. The molecule has 0 saturated heterocycles. The number of carbonyl (C=O) groups is 2. The third-order valence-electron chi connectivity index (χ3n) is 5.65. The standard InChI is InChI=1S/C27H25N3O4/c1-33-25-17-19(18-28)8-13-24(25)34-16-4-7-26(31)29-22-11-9-21(10-12-22)27(32)30-15-14-20-5-2-3-6-23(20)30/h2-3,5-6,8-13,17H,4,7,14-16H2,1H3,(H,29,31). The number of fused-ring (bicyclic) bond motifs is 1. The van der Waals surface area contributed by atoms with Crippen molar-refractivity contribution >= 4 is 23.2 Å². The van der Waals surface area contributed by atoms with E-state index in [1.165, 1.54) is 12.7 Å². The van der Waals surface area contributed by atoms with E-state index in [2.05, 4.69) is 11.4 Å². The number of carbonyl (C=O) groups excluding carboxylic acids is 2. The number of anilines is 2. The summed E-state index contributed by atoms with van der Waals surface area (Å²) in [5.41, 5.74) is 3.85. The van der Waals surface area contributed by atoms with Crippen LogP contribution in [-0.2, 0) is 11.2 Å². The van der Waals surface area contributed by atoms with Crippen LogP contribution in [0.15, 0.2) is 66.7 Å². The zero-order valence-electron chi connectivity index (χ0n) is 18.9. The molecule has 172 valence electrons. The fourth-order valence-electron chi connectivity index (χ4n) is 3.90. The van der Waals surface area contributed by atoms with Gasteiger partial charge in [-0.2, -0.15) is 5.26 Å². The molecule has 0 unspecified atom stereocenters. The Morgan fingerprint density at radius 1 is 1.06 bits per heavy atom. The molecule has 4 rings (SSSR count). The average Bonchev–Trinajstić information content (AvgIpc) is 3.31. The maximum Gasteiger partial charge on any atom is 0.258 e. The third-order valence-corrected chi connectivity index (χ3v) is 5.65. The second kappa shape index (κ2) is 10.5. The van der Waals surface area contributed by atoms with Crippen molar-refractivity contribution in [2.24, 2.45) is 0 Å². The van der Waals surface area contributed by atoms with Crippen molar-refractivity contribution in [3.8, 4) is 17.6 Å². The molecule has 0 fully saturated rings. The van der Waals surface area contributed by atoms with E-state index in [9.17, 15) is 9.59 Å². The molecule has 0 bridgehead atoms.